The number of hydrogen-bond donors (Lipinski definition) is 1. The van der Waals surface area contributed by atoms with Gasteiger partial charge in [0.25, 0.3) is 0 Å². The number of rotatable bonds is 5. The predicted octanol–water partition coefficient (Wildman–Crippen LogP) is -0.879. The van der Waals surface area contributed by atoms with E-state index in [-0.39, 0.29) is 20.3 Å². The van der Waals surface area contributed by atoms with Gasteiger partial charge in [-0.15, -0.1) is 6.58 Å². The average Bonchev–Trinajstić information content (AvgIpc) is 2.14. The van der Waals surface area contributed by atoms with Crippen LogP contribution in [0.25, 0.3) is 0 Å². The summed E-state index contributed by atoms with van der Waals surface area (Å²) in [7, 11) is 0. The van der Waals surface area contributed by atoms with E-state index in [1.54, 1.807) is 0 Å². The van der Waals surface area contributed by atoms with Gasteiger partial charge in [-0.2, -0.15) is 0 Å². The van der Waals surface area contributed by atoms with Gasteiger partial charge >= 0.3 is 18.9 Å². The van der Waals surface area contributed by atoms with Gasteiger partial charge in [0.15, 0.2) is 0 Å². The summed E-state index contributed by atoms with van der Waals surface area (Å²) in [4.78, 5) is 0. The molecule has 1 aromatic carbocycles. The van der Waals surface area contributed by atoms with Crippen molar-refractivity contribution in [3.05, 3.63) is 48.6 Å². The first-order valence-corrected chi connectivity index (χ1v) is 4.29. The summed E-state index contributed by atoms with van der Waals surface area (Å²) >= 11 is 0. The monoisotopic (exact) mass is 169 g/mol. The molecule has 0 atom stereocenters. The van der Waals surface area contributed by atoms with E-state index in [2.05, 4.69) is 36.2 Å². The minimum Gasteiger partial charge on any atom is -1.00 e. The van der Waals surface area contributed by atoms with Crippen LogP contribution in [0.5, 0.6) is 0 Å². The molecule has 0 spiro atoms. The van der Waals surface area contributed by atoms with E-state index in [9.17, 15) is 0 Å². The zero-order valence-corrected chi connectivity index (χ0v) is 8.29. The van der Waals surface area contributed by atoms with Crippen LogP contribution in [0, 0.1) is 0 Å². The molecule has 1 aromatic rings. The Morgan fingerprint density at radius 2 is 2.00 bits per heavy atom. The summed E-state index contributed by atoms with van der Waals surface area (Å²) in [6.07, 6.45) is 2.97. The van der Waals surface area contributed by atoms with Crippen LogP contribution < -0.4 is 24.2 Å². The van der Waals surface area contributed by atoms with Crippen LogP contribution in [0.2, 0.25) is 0 Å². The zero-order valence-electron chi connectivity index (χ0n) is 9.29. The second-order valence-electron chi connectivity index (χ2n) is 2.73. The van der Waals surface area contributed by atoms with Gasteiger partial charge in [0.1, 0.15) is 0 Å². The van der Waals surface area contributed by atoms with Crippen LogP contribution in [0.4, 0.5) is 0 Å². The van der Waals surface area contributed by atoms with E-state index in [4.69, 9.17) is 0 Å². The van der Waals surface area contributed by atoms with Crippen LogP contribution in [-0.2, 0) is 6.42 Å². The van der Waals surface area contributed by atoms with Crippen molar-refractivity contribution in [2.24, 2.45) is 0 Å². The van der Waals surface area contributed by atoms with Crippen molar-refractivity contribution in [3.63, 3.8) is 0 Å². The maximum atomic E-state index is 3.64. The molecule has 66 valence electrons. The molecular weight excluding hydrogens is 153 g/mol. The molecule has 1 rings (SSSR count). The quantitative estimate of drug-likeness (QED) is 0.343. The minimum absolute atomic E-state index is 0. The Kier molecular flexibility index (Phi) is 7.83. The van der Waals surface area contributed by atoms with E-state index in [1.807, 2.05) is 12.1 Å². The Bertz CT molecular complexity index is 226. The Balaban J connectivity index is 0. The van der Waals surface area contributed by atoms with Gasteiger partial charge < -0.3 is 6.74 Å². The Morgan fingerprint density at radius 1 is 1.31 bits per heavy atom. The fraction of sp³-hybridized carbons (Fsp3) is 0.273. The number of benzene rings is 1. The van der Waals surface area contributed by atoms with Crippen LogP contribution in [0.1, 0.15) is 6.99 Å². The number of nitrogens with one attached hydrogen (secondary N) is 1. The normalized spacial score (nSPS) is 8.92. The molecule has 0 bridgehead atoms. The molecule has 0 saturated heterocycles. The van der Waals surface area contributed by atoms with Crippen molar-refractivity contribution < 1.29 is 20.3 Å². The van der Waals surface area contributed by atoms with Crippen molar-refractivity contribution in [3.8, 4) is 0 Å². The van der Waals surface area contributed by atoms with Crippen molar-refractivity contribution in [1.29, 1.82) is 0 Å². The molecule has 0 radical (unpaired) electrons. The Labute approximate surface area is 93.9 Å². The van der Waals surface area contributed by atoms with Crippen LogP contribution in [-0.4, -0.2) is 13.1 Å². The molecule has 1 nitrogen and oxygen atoms in total. The minimum atomic E-state index is 0. The molecule has 0 saturated carbocycles. The molecule has 0 aliphatic heterocycles. The second kappa shape index (κ2) is 8.13. The van der Waals surface area contributed by atoms with E-state index < -0.39 is 0 Å². The third kappa shape index (κ3) is 5.71. The van der Waals surface area contributed by atoms with Crippen LogP contribution in [0.15, 0.2) is 43.0 Å². The third-order valence-corrected chi connectivity index (χ3v) is 1.72. The summed E-state index contributed by atoms with van der Waals surface area (Å²) in [5.41, 5.74) is 1.38. The zero-order chi connectivity index (χ0) is 8.65. The van der Waals surface area contributed by atoms with Crippen molar-refractivity contribution >= 4 is 0 Å². The van der Waals surface area contributed by atoms with Crippen molar-refractivity contribution in [2.45, 2.75) is 6.42 Å². The second-order valence-corrected chi connectivity index (χ2v) is 2.73. The van der Waals surface area contributed by atoms with Crippen molar-refractivity contribution in [2.75, 3.05) is 13.1 Å². The summed E-state index contributed by atoms with van der Waals surface area (Å²) in [5, 5.41) is 3.27. The van der Waals surface area contributed by atoms with Gasteiger partial charge in [0.05, 0.1) is 0 Å². The Hall–Kier alpha value is -0.483. The number of hydrogen-bond acceptors (Lipinski definition) is 1. The Morgan fingerprint density at radius 3 is 2.62 bits per heavy atom. The maximum Gasteiger partial charge on any atom is 1.00 e. The first-order chi connectivity index (χ1) is 5.93. The largest absolute Gasteiger partial charge is 1.00 e. The molecule has 0 aromatic heterocycles. The molecule has 1 N–H and O–H groups in total. The molecular formula is C11H16LiN. The fourth-order valence-electron chi connectivity index (χ4n) is 1.08. The van der Waals surface area contributed by atoms with E-state index in [0.29, 0.717) is 0 Å². The van der Waals surface area contributed by atoms with Gasteiger partial charge in [-0.3, -0.25) is 0 Å². The molecule has 0 fully saturated rings. The molecule has 0 aliphatic carbocycles. The van der Waals surface area contributed by atoms with E-state index in [1.165, 1.54) is 5.56 Å². The summed E-state index contributed by atoms with van der Waals surface area (Å²) < 4.78 is 0. The third-order valence-electron chi connectivity index (χ3n) is 1.72. The van der Waals surface area contributed by atoms with E-state index >= 15 is 0 Å². The van der Waals surface area contributed by atoms with Gasteiger partial charge in [-0.25, -0.2) is 0 Å². The van der Waals surface area contributed by atoms with Gasteiger partial charge in [0, 0.05) is 6.54 Å². The first-order valence-electron chi connectivity index (χ1n) is 4.29. The molecule has 0 heterocycles. The smallest absolute Gasteiger partial charge is 1.00 e. The van der Waals surface area contributed by atoms with Crippen molar-refractivity contribution in [1.82, 2.24) is 5.32 Å². The van der Waals surface area contributed by atoms with Crippen LogP contribution in [0.3, 0.4) is 0 Å². The predicted molar refractivity (Wildman–Crippen MR) is 54.3 cm³/mol. The molecule has 0 aliphatic rings. The SMILES string of the molecule is C=CCNCCc1ccccc1.[H-].[Li+]. The molecule has 0 unspecified atom stereocenters. The molecule has 2 heteroatoms. The summed E-state index contributed by atoms with van der Waals surface area (Å²) in [6.45, 7) is 5.56. The van der Waals surface area contributed by atoms with Gasteiger partial charge in [0.2, 0.25) is 0 Å². The molecule has 13 heavy (non-hydrogen) atoms. The van der Waals surface area contributed by atoms with Crippen LogP contribution >= 0.6 is 0 Å². The topological polar surface area (TPSA) is 12.0 Å². The average molecular weight is 169 g/mol. The summed E-state index contributed by atoms with van der Waals surface area (Å²) in [6, 6.07) is 10.5. The fourth-order valence-corrected chi connectivity index (χ4v) is 1.08. The maximum absolute atomic E-state index is 3.64. The van der Waals surface area contributed by atoms with Gasteiger partial charge in [-0.05, 0) is 18.5 Å². The van der Waals surface area contributed by atoms with Gasteiger partial charge in [-0.1, -0.05) is 36.4 Å². The standard InChI is InChI=1S/C11H15N.Li.H/c1-2-9-12-10-8-11-6-4-3-5-7-11;;/h2-7,12H,1,8-10H2;;/q;+1;-1. The molecule has 0 amide bonds. The van der Waals surface area contributed by atoms with E-state index in [0.717, 1.165) is 19.5 Å². The first kappa shape index (κ1) is 12.5. The summed E-state index contributed by atoms with van der Waals surface area (Å²) in [5.74, 6) is 0.